The molecular formula is C9H12S2Se. The average molecular weight is 263 g/mol. The van der Waals surface area contributed by atoms with Gasteiger partial charge in [-0.2, -0.15) is 0 Å². The van der Waals surface area contributed by atoms with Gasteiger partial charge in [0.05, 0.1) is 0 Å². The van der Waals surface area contributed by atoms with Gasteiger partial charge < -0.3 is 0 Å². The Morgan fingerprint density at radius 1 is 1.67 bits per heavy atom. The monoisotopic (exact) mass is 264 g/mol. The van der Waals surface area contributed by atoms with E-state index in [0.717, 1.165) is 5.92 Å². The molecule has 0 fully saturated rings. The van der Waals surface area contributed by atoms with Crippen molar-refractivity contribution in [1.29, 1.82) is 0 Å². The van der Waals surface area contributed by atoms with Gasteiger partial charge in [-0.25, -0.2) is 0 Å². The molecule has 0 spiro atoms. The third-order valence-electron chi connectivity index (χ3n) is 1.27. The van der Waals surface area contributed by atoms with Crippen LogP contribution in [0.5, 0.6) is 0 Å². The van der Waals surface area contributed by atoms with Crippen molar-refractivity contribution < 1.29 is 0 Å². The van der Waals surface area contributed by atoms with Crippen LogP contribution in [0.4, 0.5) is 0 Å². The summed E-state index contributed by atoms with van der Waals surface area (Å²) in [5.41, 5.74) is 0. The first-order valence-corrected chi connectivity index (χ1v) is 7.26. The summed E-state index contributed by atoms with van der Waals surface area (Å²) in [5.74, 6) is 0.780. The molecule has 1 aromatic rings. The van der Waals surface area contributed by atoms with Gasteiger partial charge in [-0.3, -0.25) is 0 Å². The Morgan fingerprint density at radius 2 is 2.42 bits per heavy atom. The Morgan fingerprint density at radius 3 is 2.92 bits per heavy atom. The van der Waals surface area contributed by atoms with Crippen LogP contribution in [0.25, 0.3) is 0 Å². The first kappa shape index (κ1) is 10.4. The Labute approximate surface area is 89.5 Å². The van der Waals surface area contributed by atoms with Gasteiger partial charge in [0.1, 0.15) is 0 Å². The number of thiophene rings is 1. The summed E-state index contributed by atoms with van der Waals surface area (Å²) < 4.78 is 1.19. The van der Waals surface area contributed by atoms with E-state index in [2.05, 4.69) is 31.4 Å². The first-order chi connectivity index (χ1) is 5.70. The van der Waals surface area contributed by atoms with E-state index in [-0.39, 0.29) is 0 Å². The minimum atomic E-state index is 0.522. The topological polar surface area (TPSA) is 0 Å². The zero-order valence-corrected chi connectivity index (χ0v) is 10.6. The second-order valence-electron chi connectivity index (χ2n) is 2.97. The summed E-state index contributed by atoms with van der Waals surface area (Å²) >= 11 is 7.61. The molecule has 3 heteroatoms. The summed E-state index contributed by atoms with van der Waals surface area (Å²) in [5, 5.41) is 3.36. The predicted octanol–water partition coefficient (Wildman–Crippen LogP) is 3.20. The molecule has 12 heavy (non-hydrogen) atoms. The van der Waals surface area contributed by atoms with Gasteiger partial charge in [-0.1, -0.05) is 0 Å². The fourth-order valence-electron chi connectivity index (χ4n) is 0.708. The van der Waals surface area contributed by atoms with Gasteiger partial charge in [0.2, 0.25) is 0 Å². The van der Waals surface area contributed by atoms with E-state index in [1.807, 2.05) is 0 Å². The molecule has 66 valence electrons. The number of hydrogen-bond acceptors (Lipinski definition) is 2. The molecule has 0 saturated heterocycles. The Kier molecular flexibility index (Phi) is 4.44. The van der Waals surface area contributed by atoms with Gasteiger partial charge in [0, 0.05) is 0 Å². The third kappa shape index (κ3) is 3.36. The molecule has 1 heterocycles. The molecule has 0 saturated carbocycles. The van der Waals surface area contributed by atoms with Crippen LogP contribution >= 0.6 is 23.6 Å². The van der Waals surface area contributed by atoms with Gasteiger partial charge in [-0.05, 0) is 0 Å². The molecule has 0 bridgehead atoms. The third-order valence-corrected chi connectivity index (χ3v) is 6.17. The fraction of sp³-hybridized carbons (Fsp3) is 0.444. The zero-order valence-electron chi connectivity index (χ0n) is 7.24. The Bertz CT molecular complexity index is 239. The fourth-order valence-corrected chi connectivity index (χ4v) is 3.90. The van der Waals surface area contributed by atoms with Crippen molar-refractivity contribution in [3.63, 3.8) is 0 Å². The van der Waals surface area contributed by atoms with Crippen LogP contribution in [-0.4, -0.2) is 18.7 Å². The SMILES string of the molecule is CC(C)C[Se]C(=S)c1cccs1. The average Bonchev–Trinajstić information content (AvgIpc) is 2.51. The Hall–Kier alpha value is 0.309. The summed E-state index contributed by atoms with van der Waals surface area (Å²) in [6, 6.07) is 4.19. The standard InChI is InChI=1S/C9H12S2Se/c1-7(2)6-12-9(10)8-4-3-5-11-8/h3-5,7H,6H2,1-2H3. The number of rotatable bonds is 4. The molecule has 0 N–H and O–H groups in total. The van der Waals surface area contributed by atoms with E-state index in [9.17, 15) is 0 Å². The summed E-state index contributed by atoms with van der Waals surface area (Å²) in [7, 11) is 0. The van der Waals surface area contributed by atoms with Crippen LogP contribution in [-0.2, 0) is 0 Å². The number of thiocarbonyl (C=S) groups is 1. The van der Waals surface area contributed by atoms with E-state index in [0.29, 0.717) is 15.0 Å². The van der Waals surface area contributed by atoms with Gasteiger partial charge >= 0.3 is 89.7 Å². The number of hydrogen-bond donors (Lipinski definition) is 0. The maximum atomic E-state index is 5.33. The maximum absolute atomic E-state index is 5.33. The molecule has 0 aliphatic heterocycles. The molecule has 0 atom stereocenters. The molecule has 0 unspecified atom stereocenters. The molecule has 0 radical (unpaired) electrons. The minimum absolute atomic E-state index is 0.522. The quantitative estimate of drug-likeness (QED) is 0.594. The summed E-state index contributed by atoms with van der Waals surface area (Å²) in [4.78, 5) is 1.30. The molecule has 1 aromatic heterocycles. The second kappa shape index (κ2) is 5.13. The second-order valence-corrected chi connectivity index (χ2v) is 7.07. The molecule has 0 nitrogen and oxygen atoms in total. The molecule has 0 aliphatic rings. The van der Waals surface area contributed by atoms with Crippen molar-refractivity contribution in [2.24, 2.45) is 5.92 Å². The summed E-state index contributed by atoms with van der Waals surface area (Å²) in [6.45, 7) is 4.50. The Balaban J connectivity index is 2.40. The zero-order chi connectivity index (χ0) is 8.97. The molecule has 0 amide bonds. The molecule has 0 aromatic carbocycles. The van der Waals surface area contributed by atoms with Crippen molar-refractivity contribution in [1.82, 2.24) is 0 Å². The van der Waals surface area contributed by atoms with Gasteiger partial charge in [-0.15, -0.1) is 0 Å². The van der Waals surface area contributed by atoms with E-state index >= 15 is 0 Å². The van der Waals surface area contributed by atoms with Crippen LogP contribution in [0.3, 0.4) is 0 Å². The van der Waals surface area contributed by atoms with Crippen LogP contribution in [0, 0.1) is 5.92 Å². The van der Waals surface area contributed by atoms with Crippen LogP contribution < -0.4 is 0 Å². The van der Waals surface area contributed by atoms with E-state index < -0.39 is 0 Å². The van der Waals surface area contributed by atoms with E-state index in [4.69, 9.17) is 12.2 Å². The van der Waals surface area contributed by atoms with Crippen molar-refractivity contribution in [2.45, 2.75) is 19.2 Å². The van der Waals surface area contributed by atoms with Crippen molar-refractivity contribution in [3.05, 3.63) is 22.4 Å². The van der Waals surface area contributed by atoms with Crippen LogP contribution in [0.15, 0.2) is 17.5 Å². The predicted molar refractivity (Wildman–Crippen MR) is 61.4 cm³/mol. The van der Waals surface area contributed by atoms with Crippen molar-refractivity contribution in [3.8, 4) is 0 Å². The molecule has 0 aliphatic carbocycles. The summed E-state index contributed by atoms with van der Waals surface area (Å²) in [6.07, 6.45) is 0. The molecular weight excluding hydrogens is 251 g/mol. The van der Waals surface area contributed by atoms with Crippen molar-refractivity contribution >= 4 is 42.3 Å². The normalized spacial score (nSPS) is 10.6. The van der Waals surface area contributed by atoms with Crippen molar-refractivity contribution in [2.75, 3.05) is 0 Å². The molecule has 1 rings (SSSR count). The van der Waals surface area contributed by atoms with Gasteiger partial charge in [0.15, 0.2) is 0 Å². The van der Waals surface area contributed by atoms with Crippen LogP contribution in [0.1, 0.15) is 18.7 Å². The van der Waals surface area contributed by atoms with Gasteiger partial charge in [0.25, 0.3) is 0 Å². The van der Waals surface area contributed by atoms with Crippen LogP contribution in [0.2, 0.25) is 5.32 Å². The van der Waals surface area contributed by atoms with E-state index in [1.165, 1.54) is 14.0 Å². The van der Waals surface area contributed by atoms with E-state index in [1.54, 1.807) is 11.3 Å². The first-order valence-electron chi connectivity index (χ1n) is 3.91.